The topological polar surface area (TPSA) is 50.2 Å². The quantitative estimate of drug-likeness (QED) is 0.740. The number of carbonyl (C=O) groups excluding carboxylic acids is 1. The van der Waals surface area contributed by atoms with E-state index in [1.165, 1.54) is 0 Å². The molecule has 1 N–H and O–H groups in total. The summed E-state index contributed by atoms with van der Waals surface area (Å²) in [5.41, 5.74) is 0.654. The first kappa shape index (κ1) is 11.1. The van der Waals surface area contributed by atoms with Crippen molar-refractivity contribution in [3.8, 4) is 0 Å². The summed E-state index contributed by atoms with van der Waals surface area (Å²) in [5, 5.41) is 7.39. The summed E-state index contributed by atoms with van der Waals surface area (Å²) in [6.45, 7) is 5.76. The zero-order valence-corrected chi connectivity index (χ0v) is 9.97. The standard InChI is InChI=1S/C11H18N4O/c1-8-7-15(9(2)6-12-8)11(16)10-4-5-13-14(10)3/h4-5,8-9,12H,6-7H2,1-3H3. The molecule has 1 amide bonds. The Morgan fingerprint density at radius 3 is 2.94 bits per heavy atom. The molecule has 2 unspecified atom stereocenters. The first-order chi connectivity index (χ1) is 7.59. The Balaban J connectivity index is 2.18. The minimum Gasteiger partial charge on any atom is -0.332 e. The Morgan fingerprint density at radius 1 is 1.56 bits per heavy atom. The van der Waals surface area contributed by atoms with E-state index in [0.717, 1.165) is 13.1 Å². The van der Waals surface area contributed by atoms with Gasteiger partial charge in [-0.2, -0.15) is 5.10 Å². The lowest BCUT2D eigenvalue weighted by Crippen LogP contribution is -2.56. The SMILES string of the molecule is CC1CN(C(=O)c2ccnn2C)C(C)CN1. The molecule has 2 atom stereocenters. The lowest BCUT2D eigenvalue weighted by Gasteiger charge is -2.37. The molecule has 1 fully saturated rings. The van der Waals surface area contributed by atoms with E-state index in [4.69, 9.17) is 0 Å². The average Bonchev–Trinajstić information content (AvgIpc) is 2.67. The summed E-state index contributed by atoms with van der Waals surface area (Å²) < 4.78 is 1.63. The maximum Gasteiger partial charge on any atom is 0.272 e. The van der Waals surface area contributed by atoms with Crippen molar-refractivity contribution in [3.63, 3.8) is 0 Å². The number of nitrogens with one attached hydrogen (secondary N) is 1. The minimum atomic E-state index is 0.0702. The van der Waals surface area contributed by atoms with Gasteiger partial charge >= 0.3 is 0 Å². The van der Waals surface area contributed by atoms with Crippen LogP contribution in [0.3, 0.4) is 0 Å². The number of aryl methyl sites for hydroxylation is 1. The first-order valence-corrected chi connectivity index (χ1v) is 5.62. The highest BCUT2D eigenvalue weighted by molar-refractivity contribution is 5.92. The van der Waals surface area contributed by atoms with Crippen LogP contribution in [-0.4, -0.2) is 45.8 Å². The molecule has 2 rings (SSSR count). The van der Waals surface area contributed by atoms with Crippen molar-refractivity contribution in [3.05, 3.63) is 18.0 Å². The highest BCUT2D eigenvalue weighted by Crippen LogP contribution is 2.11. The molecule has 0 bridgehead atoms. The smallest absolute Gasteiger partial charge is 0.272 e. The van der Waals surface area contributed by atoms with Crippen LogP contribution in [0.25, 0.3) is 0 Å². The summed E-state index contributed by atoms with van der Waals surface area (Å²) >= 11 is 0. The van der Waals surface area contributed by atoms with Gasteiger partial charge in [0.25, 0.3) is 5.91 Å². The third-order valence-corrected chi connectivity index (χ3v) is 3.07. The Hall–Kier alpha value is -1.36. The number of hydrogen-bond donors (Lipinski definition) is 1. The Kier molecular flexibility index (Phi) is 2.96. The fourth-order valence-corrected chi connectivity index (χ4v) is 2.04. The summed E-state index contributed by atoms with van der Waals surface area (Å²) in [6, 6.07) is 2.36. The van der Waals surface area contributed by atoms with Gasteiger partial charge < -0.3 is 10.2 Å². The van der Waals surface area contributed by atoms with E-state index in [1.807, 2.05) is 4.90 Å². The van der Waals surface area contributed by atoms with Gasteiger partial charge in [0, 0.05) is 38.4 Å². The number of carbonyl (C=O) groups is 1. The van der Waals surface area contributed by atoms with Crippen LogP contribution < -0.4 is 5.32 Å². The van der Waals surface area contributed by atoms with Crippen LogP contribution in [0.2, 0.25) is 0 Å². The number of hydrogen-bond acceptors (Lipinski definition) is 3. The second kappa shape index (κ2) is 4.25. The number of nitrogens with zero attached hydrogens (tertiary/aromatic N) is 3. The van der Waals surface area contributed by atoms with Crippen LogP contribution in [0.5, 0.6) is 0 Å². The van der Waals surface area contributed by atoms with Crippen LogP contribution in [0, 0.1) is 0 Å². The maximum atomic E-state index is 12.3. The second-order valence-electron chi connectivity index (χ2n) is 4.46. The number of amides is 1. The Morgan fingerprint density at radius 2 is 2.31 bits per heavy atom. The third-order valence-electron chi connectivity index (χ3n) is 3.07. The molecule has 5 heteroatoms. The van der Waals surface area contributed by atoms with Crippen molar-refractivity contribution in [1.29, 1.82) is 0 Å². The molecular formula is C11H18N4O. The van der Waals surface area contributed by atoms with Crippen molar-refractivity contribution in [2.24, 2.45) is 7.05 Å². The zero-order chi connectivity index (χ0) is 11.7. The van der Waals surface area contributed by atoms with Crippen molar-refractivity contribution < 1.29 is 4.79 Å². The van der Waals surface area contributed by atoms with Crippen LogP contribution in [0.4, 0.5) is 0 Å². The van der Waals surface area contributed by atoms with Gasteiger partial charge in [-0.25, -0.2) is 0 Å². The molecule has 0 radical (unpaired) electrons. The highest BCUT2D eigenvalue weighted by Gasteiger charge is 2.28. The molecule has 0 spiro atoms. The first-order valence-electron chi connectivity index (χ1n) is 5.62. The summed E-state index contributed by atoms with van der Waals surface area (Å²) in [4.78, 5) is 14.2. The molecule has 1 saturated heterocycles. The molecular weight excluding hydrogens is 204 g/mol. The van der Waals surface area contributed by atoms with Gasteiger partial charge in [-0.3, -0.25) is 9.48 Å². The van der Waals surface area contributed by atoms with Crippen molar-refractivity contribution in [1.82, 2.24) is 20.0 Å². The lowest BCUT2D eigenvalue weighted by molar-refractivity contribution is 0.0605. The van der Waals surface area contributed by atoms with E-state index in [-0.39, 0.29) is 11.9 Å². The maximum absolute atomic E-state index is 12.3. The molecule has 88 valence electrons. The fraction of sp³-hybridized carbons (Fsp3) is 0.636. The predicted octanol–water partition coefficient (Wildman–Crippen LogP) is 0.242. The van der Waals surface area contributed by atoms with Gasteiger partial charge in [-0.05, 0) is 19.9 Å². The molecule has 16 heavy (non-hydrogen) atoms. The monoisotopic (exact) mass is 222 g/mol. The Bertz CT molecular complexity index is 387. The van der Waals surface area contributed by atoms with E-state index in [9.17, 15) is 4.79 Å². The van der Waals surface area contributed by atoms with Gasteiger partial charge in [-0.1, -0.05) is 0 Å². The molecule has 0 aliphatic carbocycles. The predicted molar refractivity (Wildman–Crippen MR) is 61.2 cm³/mol. The third kappa shape index (κ3) is 1.95. The molecule has 1 aromatic rings. The van der Waals surface area contributed by atoms with Crippen molar-refractivity contribution in [2.75, 3.05) is 13.1 Å². The minimum absolute atomic E-state index is 0.0702. The molecule has 1 aliphatic rings. The van der Waals surface area contributed by atoms with E-state index >= 15 is 0 Å². The fourth-order valence-electron chi connectivity index (χ4n) is 2.04. The van der Waals surface area contributed by atoms with Gasteiger partial charge in [0.2, 0.25) is 0 Å². The van der Waals surface area contributed by atoms with E-state index in [1.54, 1.807) is 24.0 Å². The van der Waals surface area contributed by atoms with E-state index < -0.39 is 0 Å². The van der Waals surface area contributed by atoms with E-state index in [0.29, 0.717) is 11.7 Å². The second-order valence-corrected chi connectivity index (χ2v) is 4.46. The molecule has 0 saturated carbocycles. The van der Waals surface area contributed by atoms with Gasteiger partial charge in [0.1, 0.15) is 5.69 Å². The highest BCUT2D eigenvalue weighted by atomic mass is 16.2. The molecule has 0 aromatic carbocycles. The number of rotatable bonds is 1. The van der Waals surface area contributed by atoms with Gasteiger partial charge in [0.05, 0.1) is 0 Å². The largest absolute Gasteiger partial charge is 0.332 e. The molecule has 5 nitrogen and oxygen atoms in total. The van der Waals surface area contributed by atoms with Crippen molar-refractivity contribution in [2.45, 2.75) is 25.9 Å². The van der Waals surface area contributed by atoms with Gasteiger partial charge in [0.15, 0.2) is 0 Å². The van der Waals surface area contributed by atoms with Crippen LogP contribution >= 0.6 is 0 Å². The summed E-state index contributed by atoms with van der Waals surface area (Å²) in [5.74, 6) is 0.0702. The summed E-state index contributed by atoms with van der Waals surface area (Å²) in [6.07, 6.45) is 1.66. The lowest BCUT2D eigenvalue weighted by atomic mass is 10.1. The molecule has 1 aliphatic heterocycles. The Labute approximate surface area is 95.4 Å². The average molecular weight is 222 g/mol. The normalized spacial score (nSPS) is 25.8. The number of piperazine rings is 1. The van der Waals surface area contributed by atoms with Crippen LogP contribution in [0.1, 0.15) is 24.3 Å². The van der Waals surface area contributed by atoms with Crippen LogP contribution in [0.15, 0.2) is 12.3 Å². The summed E-state index contributed by atoms with van der Waals surface area (Å²) in [7, 11) is 1.80. The van der Waals surface area contributed by atoms with Crippen molar-refractivity contribution >= 4 is 5.91 Å². The van der Waals surface area contributed by atoms with Crippen LogP contribution in [-0.2, 0) is 7.05 Å². The molecule has 1 aromatic heterocycles. The van der Waals surface area contributed by atoms with Gasteiger partial charge in [-0.15, -0.1) is 0 Å². The molecule has 2 heterocycles. The zero-order valence-electron chi connectivity index (χ0n) is 9.97. The van der Waals surface area contributed by atoms with E-state index in [2.05, 4.69) is 24.3 Å². The number of aromatic nitrogens is 2.